The molecule has 15 heavy (non-hydrogen) atoms. The quantitative estimate of drug-likeness (QED) is 0.836. The molecule has 0 bridgehead atoms. The van der Waals surface area contributed by atoms with Gasteiger partial charge in [0.05, 0.1) is 6.04 Å². The molecular formula is C12H22N2S. The minimum absolute atomic E-state index is 0.383. The van der Waals surface area contributed by atoms with Crippen LogP contribution in [0.1, 0.15) is 36.6 Å². The van der Waals surface area contributed by atoms with Crippen LogP contribution in [-0.4, -0.2) is 24.0 Å². The van der Waals surface area contributed by atoms with E-state index in [4.69, 9.17) is 5.73 Å². The highest BCUT2D eigenvalue weighted by Crippen LogP contribution is 2.27. The van der Waals surface area contributed by atoms with E-state index in [9.17, 15) is 0 Å². The number of nitrogens with two attached hydrogens (primary N) is 1. The number of hydrogen-bond donors (Lipinski definition) is 1. The van der Waals surface area contributed by atoms with Crippen molar-refractivity contribution >= 4 is 11.3 Å². The molecule has 86 valence electrons. The van der Waals surface area contributed by atoms with E-state index in [1.54, 1.807) is 0 Å². The highest BCUT2D eigenvalue weighted by molar-refractivity contribution is 7.12. The van der Waals surface area contributed by atoms with Gasteiger partial charge >= 0.3 is 0 Å². The summed E-state index contributed by atoms with van der Waals surface area (Å²) in [5, 5.41) is 0. The molecule has 0 saturated heterocycles. The summed E-state index contributed by atoms with van der Waals surface area (Å²) >= 11 is 1.86. The molecule has 0 amide bonds. The van der Waals surface area contributed by atoms with E-state index in [1.807, 2.05) is 11.3 Å². The normalized spacial score (nSPS) is 13.8. The van der Waals surface area contributed by atoms with Crippen molar-refractivity contribution in [1.29, 1.82) is 0 Å². The lowest BCUT2D eigenvalue weighted by Gasteiger charge is -2.32. The zero-order valence-electron chi connectivity index (χ0n) is 10.2. The average molecular weight is 226 g/mol. The van der Waals surface area contributed by atoms with Crippen LogP contribution in [0.5, 0.6) is 0 Å². The highest BCUT2D eigenvalue weighted by atomic mass is 32.1. The fourth-order valence-corrected chi connectivity index (χ4v) is 3.00. The summed E-state index contributed by atoms with van der Waals surface area (Å²) in [6.07, 6.45) is 0. The van der Waals surface area contributed by atoms with Crippen molar-refractivity contribution in [2.45, 2.75) is 39.8 Å². The van der Waals surface area contributed by atoms with Crippen LogP contribution in [0, 0.1) is 6.92 Å². The zero-order valence-corrected chi connectivity index (χ0v) is 11.0. The summed E-state index contributed by atoms with van der Waals surface area (Å²) in [5.41, 5.74) is 5.89. The third-order valence-electron chi connectivity index (χ3n) is 2.74. The van der Waals surface area contributed by atoms with E-state index in [-0.39, 0.29) is 0 Å². The third kappa shape index (κ3) is 3.03. The molecule has 1 atom stereocenters. The Morgan fingerprint density at radius 2 is 2.07 bits per heavy atom. The summed E-state index contributed by atoms with van der Waals surface area (Å²) in [7, 11) is 0. The van der Waals surface area contributed by atoms with Crippen LogP contribution in [-0.2, 0) is 0 Å². The second-order valence-corrected chi connectivity index (χ2v) is 5.44. The molecule has 1 aromatic rings. The SMILES string of the molecule is CCN(C(C)C)C(CN)c1ccc(C)s1. The Morgan fingerprint density at radius 1 is 1.40 bits per heavy atom. The lowest BCUT2D eigenvalue weighted by atomic mass is 10.1. The van der Waals surface area contributed by atoms with Crippen molar-refractivity contribution < 1.29 is 0 Å². The molecule has 0 aromatic carbocycles. The van der Waals surface area contributed by atoms with E-state index >= 15 is 0 Å². The van der Waals surface area contributed by atoms with Crippen LogP contribution in [0.25, 0.3) is 0 Å². The first-order valence-electron chi connectivity index (χ1n) is 5.62. The third-order valence-corrected chi connectivity index (χ3v) is 3.84. The fraction of sp³-hybridized carbons (Fsp3) is 0.667. The maximum absolute atomic E-state index is 5.89. The molecule has 1 aromatic heterocycles. The standard InChI is InChI=1S/C12H22N2S/c1-5-14(9(2)3)11(8-13)12-7-6-10(4)15-12/h6-7,9,11H,5,8,13H2,1-4H3. The van der Waals surface area contributed by atoms with Gasteiger partial charge in [0, 0.05) is 22.3 Å². The lowest BCUT2D eigenvalue weighted by molar-refractivity contribution is 0.169. The first-order chi connectivity index (χ1) is 7.10. The van der Waals surface area contributed by atoms with Crippen LogP contribution in [0.15, 0.2) is 12.1 Å². The molecule has 0 saturated carbocycles. The molecule has 1 unspecified atom stereocenters. The predicted octanol–water partition coefficient (Wildman–Crippen LogP) is 2.79. The molecule has 0 radical (unpaired) electrons. The zero-order chi connectivity index (χ0) is 11.4. The minimum atomic E-state index is 0.383. The van der Waals surface area contributed by atoms with Gasteiger partial charge in [-0.3, -0.25) is 4.90 Å². The Bertz CT molecular complexity index is 294. The van der Waals surface area contributed by atoms with E-state index in [0.29, 0.717) is 18.6 Å². The predicted molar refractivity (Wildman–Crippen MR) is 68.4 cm³/mol. The topological polar surface area (TPSA) is 29.3 Å². The van der Waals surface area contributed by atoms with Crippen LogP contribution < -0.4 is 5.73 Å². The maximum atomic E-state index is 5.89. The van der Waals surface area contributed by atoms with Gasteiger partial charge in [-0.1, -0.05) is 6.92 Å². The summed E-state index contributed by atoms with van der Waals surface area (Å²) in [6.45, 7) is 10.6. The average Bonchev–Trinajstić information content (AvgIpc) is 2.60. The van der Waals surface area contributed by atoms with E-state index < -0.39 is 0 Å². The molecule has 1 heterocycles. The highest BCUT2D eigenvalue weighted by Gasteiger charge is 2.21. The van der Waals surface area contributed by atoms with Gasteiger partial charge in [-0.05, 0) is 39.4 Å². The molecule has 0 aliphatic heterocycles. The molecular weight excluding hydrogens is 204 g/mol. The number of rotatable bonds is 5. The number of hydrogen-bond acceptors (Lipinski definition) is 3. The van der Waals surface area contributed by atoms with Crippen molar-refractivity contribution in [1.82, 2.24) is 4.90 Å². The molecule has 0 aliphatic carbocycles. The van der Waals surface area contributed by atoms with Crippen molar-refractivity contribution in [3.8, 4) is 0 Å². The Morgan fingerprint density at radius 3 is 2.40 bits per heavy atom. The van der Waals surface area contributed by atoms with Gasteiger partial charge in [-0.15, -0.1) is 11.3 Å². The lowest BCUT2D eigenvalue weighted by Crippen LogP contribution is -2.38. The second kappa shape index (κ2) is 5.64. The first kappa shape index (κ1) is 12.7. The number of nitrogens with zero attached hydrogens (tertiary/aromatic N) is 1. The fourth-order valence-electron chi connectivity index (χ4n) is 1.99. The van der Waals surface area contributed by atoms with Crippen molar-refractivity contribution in [3.63, 3.8) is 0 Å². The van der Waals surface area contributed by atoms with Gasteiger partial charge in [0.2, 0.25) is 0 Å². The van der Waals surface area contributed by atoms with Crippen LogP contribution in [0.3, 0.4) is 0 Å². The molecule has 0 aliphatic rings. The Balaban J connectivity index is 2.86. The summed E-state index contributed by atoms with van der Waals surface area (Å²) < 4.78 is 0. The number of aryl methyl sites for hydroxylation is 1. The molecule has 2 N–H and O–H groups in total. The number of likely N-dealkylation sites (N-methyl/N-ethyl adjacent to an activating group) is 1. The molecule has 0 spiro atoms. The smallest absolute Gasteiger partial charge is 0.0566 e. The minimum Gasteiger partial charge on any atom is -0.329 e. The van der Waals surface area contributed by atoms with E-state index in [0.717, 1.165) is 6.54 Å². The second-order valence-electron chi connectivity index (χ2n) is 4.12. The molecule has 1 rings (SSSR count). The van der Waals surface area contributed by atoms with Crippen LogP contribution in [0.2, 0.25) is 0 Å². The van der Waals surface area contributed by atoms with E-state index in [2.05, 4.69) is 44.7 Å². The van der Waals surface area contributed by atoms with Crippen molar-refractivity contribution in [3.05, 3.63) is 21.9 Å². The van der Waals surface area contributed by atoms with Gasteiger partial charge in [0.15, 0.2) is 0 Å². The first-order valence-corrected chi connectivity index (χ1v) is 6.44. The van der Waals surface area contributed by atoms with Gasteiger partial charge < -0.3 is 5.73 Å². The van der Waals surface area contributed by atoms with Crippen LogP contribution in [0.4, 0.5) is 0 Å². The van der Waals surface area contributed by atoms with Gasteiger partial charge in [-0.2, -0.15) is 0 Å². The Kier molecular flexibility index (Phi) is 4.77. The summed E-state index contributed by atoms with van der Waals surface area (Å²) in [4.78, 5) is 5.21. The summed E-state index contributed by atoms with van der Waals surface area (Å²) in [5.74, 6) is 0. The Labute approximate surface area is 97.1 Å². The van der Waals surface area contributed by atoms with Crippen molar-refractivity contribution in [2.75, 3.05) is 13.1 Å². The molecule has 0 fully saturated rings. The molecule has 2 nitrogen and oxygen atoms in total. The van der Waals surface area contributed by atoms with Gasteiger partial charge in [-0.25, -0.2) is 0 Å². The maximum Gasteiger partial charge on any atom is 0.0566 e. The van der Waals surface area contributed by atoms with Crippen molar-refractivity contribution in [2.24, 2.45) is 5.73 Å². The molecule has 3 heteroatoms. The van der Waals surface area contributed by atoms with E-state index in [1.165, 1.54) is 9.75 Å². The number of thiophene rings is 1. The van der Waals surface area contributed by atoms with Gasteiger partial charge in [0.1, 0.15) is 0 Å². The summed E-state index contributed by atoms with van der Waals surface area (Å²) in [6, 6.07) is 5.32. The van der Waals surface area contributed by atoms with Crippen LogP contribution >= 0.6 is 11.3 Å². The van der Waals surface area contributed by atoms with Gasteiger partial charge in [0.25, 0.3) is 0 Å². The monoisotopic (exact) mass is 226 g/mol. The largest absolute Gasteiger partial charge is 0.329 e. The Hall–Kier alpha value is -0.380.